The van der Waals surface area contributed by atoms with Gasteiger partial charge in [-0.15, -0.1) is 11.6 Å². The van der Waals surface area contributed by atoms with Crippen LogP contribution in [0.1, 0.15) is 41.9 Å². The zero-order valence-corrected chi connectivity index (χ0v) is 11.0. The van der Waals surface area contributed by atoms with E-state index in [1.54, 1.807) is 17.8 Å². The van der Waals surface area contributed by atoms with Crippen molar-refractivity contribution in [2.75, 3.05) is 5.88 Å². The quantitative estimate of drug-likeness (QED) is 0.840. The van der Waals surface area contributed by atoms with E-state index < -0.39 is 0 Å². The van der Waals surface area contributed by atoms with E-state index in [0.29, 0.717) is 11.6 Å². The Kier molecular flexibility index (Phi) is 3.43. The minimum atomic E-state index is -0.211. The van der Waals surface area contributed by atoms with E-state index in [1.807, 2.05) is 6.92 Å². The maximum Gasteiger partial charge on any atom is 0.270 e. The van der Waals surface area contributed by atoms with Gasteiger partial charge in [0.15, 0.2) is 0 Å². The topological polar surface area (TPSA) is 46.9 Å². The van der Waals surface area contributed by atoms with Crippen LogP contribution in [0.15, 0.2) is 6.07 Å². The number of alkyl halides is 1. The lowest BCUT2D eigenvalue weighted by molar-refractivity contribution is 0.0899. The summed E-state index contributed by atoms with van der Waals surface area (Å²) < 4.78 is 1.61. The van der Waals surface area contributed by atoms with Crippen molar-refractivity contribution in [3.05, 3.63) is 17.5 Å². The minimum Gasteiger partial charge on any atom is -0.344 e. The number of hydrogen-bond donors (Lipinski definition) is 1. The molecule has 0 aliphatic heterocycles. The van der Waals surface area contributed by atoms with Crippen molar-refractivity contribution in [2.45, 2.75) is 38.1 Å². The number of nitrogens with one attached hydrogen (secondary N) is 1. The molecule has 0 atom stereocenters. The lowest BCUT2D eigenvalue weighted by atomic mass is 10.0. The summed E-state index contributed by atoms with van der Waals surface area (Å²) in [7, 11) is 1.78. The van der Waals surface area contributed by atoms with Crippen LogP contribution in [0.3, 0.4) is 0 Å². The number of carbonyl (C=O) groups is 1. The second kappa shape index (κ2) is 4.69. The Morgan fingerprint density at radius 3 is 2.71 bits per heavy atom. The summed E-state index contributed by atoms with van der Waals surface area (Å²) in [6.07, 6.45) is 4.22. The fourth-order valence-corrected chi connectivity index (χ4v) is 2.81. The molecule has 1 saturated carbocycles. The summed E-state index contributed by atoms with van der Waals surface area (Å²) in [5.41, 5.74) is 1.24. The molecule has 0 bridgehead atoms. The monoisotopic (exact) mass is 255 g/mol. The molecule has 5 heteroatoms. The van der Waals surface area contributed by atoms with Gasteiger partial charge in [0, 0.05) is 12.9 Å². The Morgan fingerprint density at radius 2 is 2.24 bits per heavy atom. The van der Waals surface area contributed by atoms with Gasteiger partial charge in [0.1, 0.15) is 5.69 Å². The van der Waals surface area contributed by atoms with Crippen molar-refractivity contribution in [3.63, 3.8) is 0 Å². The van der Waals surface area contributed by atoms with Crippen molar-refractivity contribution in [1.29, 1.82) is 0 Å². The molecule has 94 valence electrons. The van der Waals surface area contributed by atoms with Crippen molar-refractivity contribution in [3.8, 4) is 0 Å². The molecule has 0 unspecified atom stereocenters. The molecule has 1 aliphatic rings. The Hall–Kier alpha value is -1.03. The van der Waals surface area contributed by atoms with E-state index in [2.05, 4.69) is 10.4 Å². The summed E-state index contributed by atoms with van der Waals surface area (Å²) in [6.45, 7) is 1.88. The van der Waals surface area contributed by atoms with Crippen LogP contribution in [0.5, 0.6) is 0 Å². The van der Waals surface area contributed by atoms with E-state index in [1.165, 1.54) is 0 Å². The van der Waals surface area contributed by atoms with Crippen LogP contribution in [0.4, 0.5) is 0 Å². The van der Waals surface area contributed by atoms with Gasteiger partial charge in [-0.3, -0.25) is 9.48 Å². The molecule has 1 amide bonds. The van der Waals surface area contributed by atoms with Crippen molar-refractivity contribution in [1.82, 2.24) is 15.1 Å². The van der Waals surface area contributed by atoms with Gasteiger partial charge in [0.05, 0.1) is 11.2 Å². The minimum absolute atomic E-state index is 0.0735. The molecule has 2 rings (SSSR count). The number of carbonyl (C=O) groups excluding carboxylic acids is 1. The number of halogens is 1. The number of aromatic nitrogens is 2. The first-order valence-electron chi connectivity index (χ1n) is 5.95. The summed E-state index contributed by atoms with van der Waals surface area (Å²) in [5.74, 6) is 0.408. The number of nitrogens with zero attached hydrogens (tertiary/aromatic N) is 2. The molecule has 0 radical (unpaired) electrons. The SMILES string of the molecule is Cc1cc(C(=O)NC2(CCl)CCCC2)n(C)n1. The van der Waals surface area contributed by atoms with Gasteiger partial charge < -0.3 is 5.32 Å². The number of amides is 1. The van der Waals surface area contributed by atoms with E-state index in [-0.39, 0.29) is 11.4 Å². The molecule has 0 spiro atoms. The second-order valence-electron chi connectivity index (χ2n) is 4.87. The first-order valence-corrected chi connectivity index (χ1v) is 6.49. The molecule has 1 N–H and O–H groups in total. The molecular weight excluding hydrogens is 238 g/mol. The van der Waals surface area contributed by atoms with Gasteiger partial charge in [-0.25, -0.2) is 0 Å². The number of rotatable bonds is 3. The molecule has 0 saturated heterocycles. The molecule has 1 aliphatic carbocycles. The molecule has 1 aromatic rings. The van der Waals surface area contributed by atoms with E-state index in [4.69, 9.17) is 11.6 Å². The molecule has 1 fully saturated rings. The van der Waals surface area contributed by atoms with E-state index >= 15 is 0 Å². The van der Waals surface area contributed by atoms with Crippen molar-refractivity contribution >= 4 is 17.5 Å². The highest BCUT2D eigenvalue weighted by molar-refractivity contribution is 6.19. The van der Waals surface area contributed by atoms with Crippen LogP contribution in [-0.4, -0.2) is 27.1 Å². The van der Waals surface area contributed by atoms with Crippen LogP contribution in [0, 0.1) is 6.92 Å². The smallest absolute Gasteiger partial charge is 0.270 e. The largest absolute Gasteiger partial charge is 0.344 e. The van der Waals surface area contributed by atoms with Gasteiger partial charge in [0.25, 0.3) is 5.91 Å². The van der Waals surface area contributed by atoms with Crippen LogP contribution in [0.25, 0.3) is 0 Å². The molecule has 0 aromatic carbocycles. The molecular formula is C12H18ClN3O. The summed E-state index contributed by atoms with van der Waals surface area (Å²) in [6, 6.07) is 1.80. The highest BCUT2D eigenvalue weighted by Crippen LogP contribution is 2.31. The average molecular weight is 256 g/mol. The molecule has 4 nitrogen and oxygen atoms in total. The number of aryl methyl sites for hydroxylation is 2. The predicted octanol–water partition coefficient (Wildman–Crippen LogP) is 2.01. The van der Waals surface area contributed by atoms with Gasteiger partial charge in [-0.05, 0) is 25.8 Å². The fourth-order valence-electron chi connectivity index (χ4n) is 2.47. The predicted molar refractivity (Wildman–Crippen MR) is 67.3 cm³/mol. The molecule has 17 heavy (non-hydrogen) atoms. The highest BCUT2D eigenvalue weighted by Gasteiger charge is 2.35. The standard InChI is InChI=1S/C12H18ClN3O/c1-9-7-10(16(2)15-9)11(17)14-12(8-13)5-3-4-6-12/h7H,3-6,8H2,1-2H3,(H,14,17). The number of hydrogen-bond acceptors (Lipinski definition) is 2. The van der Waals surface area contributed by atoms with Crippen LogP contribution >= 0.6 is 11.6 Å². The average Bonchev–Trinajstić information content (AvgIpc) is 2.86. The third-order valence-corrected chi connectivity index (χ3v) is 3.94. The van der Waals surface area contributed by atoms with Gasteiger partial charge in [-0.2, -0.15) is 5.10 Å². The zero-order valence-electron chi connectivity index (χ0n) is 10.3. The van der Waals surface area contributed by atoms with E-state index in [9.17, 15) is 4.79 Å². The van der Waals surface area contributed by atoms with Crippen molar-refractivity contribution < 1.29 is 4.79 Å². The molecule has 1 heterocycles. The first kappa shape index (κ1) is 12.4. The van der Waals surface area contributed by atoms with Gasteiger partial charge in [-0.1, -0.05) is 12.8 Å². The lowest BCUT2D eigenvalue weighted by Gasteiger charge is -2.27. The zero-order chi connectivity index (χ0) is 12.5. The van der Waals surface area contributed by atoms with Crippen LogP contribution in [-0.2, 0) is 7.05 Å². The highest BCUT2D eigenvalue weighted by atomic mass is 35.5. The van der Waals surface area contributed by atoms with Gasteiger partial charge in [0.2, 0.25) is 0 Å². The third-order valence-electron chi connectivity index (χ3n) is 3.43. The lowest BCUT2D eigenvalue weighted by Crippen LogP contribution is -2.48. The fraction of sp³-hybridized carbons (Fsp3) is 0.667. The Balaban J connectivity index is 2.13. The first-order chi connectivity index (χ1) is 8.06. The third kappa shape index (κ3) is 2.46. The Bertz CT molecular complexity index is 421. The summed E-state index contributed by atoms with van der Waals surface area (Å²) in [5, 5.41) is 7.26. The van der Waals surface area contributed by atoms with Gasteiger partial charge >= 0.3 is 0 Å². The molecule has 1 aromatic heterocycles. The maximum atomic E-state index is 12.2. The Morgan fingerprint density at radius 1 is 1.59 bits per heavy atom. The van der Waals surface area contributed by atoms with Crippen LogP contribution < -0.4 is 5.32 Å². The van der Waals surface area contributed by atoms with Crippen LogP contribution in [0.2, 0.25) is 0 Å². The second-order valence-corrected chi connectivity index (χ2v) is 5.14. The summed E-state index contributed by atoms with van der Waals surface area (Å²) in [4.78, 5) is 12.2. The Labute approximate surface area is 106 Å². The van der Waals surface area contributed by atoms with E-state index in [0.717, 1.165) is 31.4 Å². The summed E-state index contributed by atoms with van der Waals surface area (Å²) >= 11 is 6.00. The normalized spacial score (nSPS) is 18.3. The van der Waals surface area contributed by atoms with Crippen molar-refractivity contribution in [2.24, 2.45) is 7.05 Å². The maximum absolute atomic E-state index is 12.2.